The van der Waals surface area contributed by atoms with Gasteiger partial charge < -0.3 is 23.7 Å². The summed E-state index contributed by atoms with van der Waals surface area (Å²) in [5.41, 5.74) is 1.12. The lowest BCUT2D eigenvalue weighted by Gasteiger charge is -2.33. The van der Waals surface area contributed by atoms with Crippen LogP contribution in [0.2, 0.25) is 0 Å². The Morgan fingerprint density at radius 3 is 2.33 bits per heavy atom. The highest BCUT2D eigenvalue weighted by Gasteiger charge is 2.30. The van der Waals surface area contributed by atoms with Crippen molar-refractivity contribution in [1.29, 1.82) is 0 Å². The summed E-state index contributed by atoms with van der Waals surface area (Å²) in [6, 6.07) is 11.5. The number of hydrogen-bond donors (Lipinski definition) is 0. The molecule has 0 saturated carbocycles. The molecule has 4 rings (SSSR count). The van der Waals surface area contributed by atoms with Crippen LogP contribution in [0.4, 0.5) is 4.79 Å². The highest BCUT2D eigenvalue weighted by Crippen LogP contribution is 2.28. The Morgan fingerprint density at radius 2 is 1.68 bits per heavy atom. The highest BCUT2D eigenvalue weighted by atomic mass is 32.2. The van der Waals surface area contributed by atoms with Gasteiger partial charge in [0.25, 0.3) is 5.91 Å². The van der Waals surface area contributed by atoms with E-state index in [1.54, 1.807) is 6.92 Å². The molecule has 3 aromatic rings. The van der Waals surface area contributed by atoms with Gasteiger partial charge in [-0.3, -0.25) is 4.79 Å². The Labute approximate surface area is 237 Å². The Morgan fingerprint density at radius 1 is 0.950 bits per heavy atom. The molecule has 0 bridgehead atoms. The lowest BCUT2D eigenvalue weighted by Crippen LogP contribution is -2.50. The molecule has 1 fully saturated rings. The molecule has 0 unspecified atom stereocenters. The van der Waals surface area contributed by atoms with Crippen LogP contribution in [0.5, 0.6) is 5.75 Å². The molecular formula is C27H34N4O7S2. The molecule has 13 heteroatoms. The predicted octanol–water partition coefficient (Wildman–Crippen LogP) is 3.34. The van der Waals surface area contributed by atoms with Crippen molar-refractivity contribution in [1.82, 2.24) is 13.8 Å². The van der Waals surface area contributed by atoms with Crippen LogP contribution in [0.25, 0.3) is 10.2 Å². The lowest BCUT2D eigenvalue weighted by atomic mass is 10.2. The Hall–Kier alpha value is -3.26. The number of thiazole rings is 1. The summed E-state index contributed by atoms with van der Waals surface area (Å²) < 4.78 is 46.9. The van der Waals surface area contributed by atoms with E-state index in [9.17, 15) is 18.0 Å². The number of para-hydroxylation sites is 1. The number of hydrogen-bond acceptors (Lipinski definition) is 8. The second-order valence-corrected chi connectivity index (χ2v) is 11.7. The van der Waals surface area contributed by atoms with Gasteiger partial charge >= 0.3 is 6.09 Å². The van der Waals surface area contributed by atoms with E-state index in [-0.39, 0.29) is 43.2 Å². The summed E-state index contributed by atoms with van der Waals surface area (Å²) in [6.07, 6.45) is -0.446. The van der Waals surface area contributed by atoms with Gasteiger partial charge in [-0.05, 0) is 57.2 Å². The zero-order valence-electron chi connectivity index (χ0n) is 22.9. The van der Waals surface area contributed by atoms with Gasteiger partial charge in [-0.1, -0.05) is 17.4 Å². The van der Waals surface area contributed by atoms with Crippen LogP contribution in [-0.2, 0) is 26.0 Å². The molecule has 2 amide bonds. The topological polar surface area (TPSA) is 120 Å². The molecular weight excluding hydrogens is 556 g/mol. The van der Waals surface area contributed by atoms with E-state index in [0.29, 0.717) is 36.9 Å². The van der Waals surface area contributed by atoms with Gasteiger partial charge in [0, 0.05) is 44.9 Å². The number of benzene rings is 2. The van der Waals surface area contributed by atoms with Crippen molar-refractivity contribution < 1.29 is 32.2 Å². The molecule has 0 radical (unpaired) electrons. The Kier molecular flexibility index (Phi) is 9.95. The first-order chi connectivity index (χ1) is 19.3. The molecule has 1 aliphatic heterocycles. The molecule has 0 atom stereocenters. The summed E-state index contributed by atoms with van der Waals surface area (Å²) in [6.45, 7) is 8.65. The molecule has 11 nitrogen and oxygen atoms in total. The zero-order valence-corrected chi connectivity index (χ0v) is 24.5. The molecule has 216 valence electrons. The van der Waals surface area contributed by atoms with E-state index in [1.807, 2.05) is 36.6 Å². The number of carbonyl (C=O) groups is 2. The summed E-state index contributed by atoms with van der Waals surface area (Å²) in [5.74, 6) is 0.223. The summed E-state index contributed by atoms with van der Waals surface area (Å²) >= 11 is 1.38. The average Bonchev–Trinajstić information content (AvgIpc) is 3.31. The van der Waals surface area contributed by atoms with E-state index in [2.05, 4.69) is 4.99 Å². The number of piperazine rings is 1. The summed E-state index contributed by atoms with van der Waals surface area (Å²) in [4.78, 5) is 31.5. The fourth-order valence-corrected chi connectivity index (χ4v) is 6.85. The third kappa shape index (κ3) is 6.54. The molecule has 1 aliphatic rings. The molecule has 0 aliphatic carbocycles. The third-order valence-corrected chi connectivity index (χ3v) is 9.28. The van der Waals surface area contributed by atoms with E-state index >= 15 is 0 Å². The smallest absolute Gasteiger partial charge is 0.409 e. The first-order valence-electron chi connectivity index (χ1n) is 13.2. The van der Waals surface area contributed by atoms with Crippen molar-refractivity contribution in [2.45, 2.75) is 32.2 Å². The number of aromatic nitrogens is 1. The number of ether oxygens (including phenoxy) is 3. The first-order valence-corrected chi connectivity index (χ1v) is 15.5. The van der Waals surface area contributed by atoms with Gasteiger partial charge in [0.2, 0.25) is 10.0 Å². The maximum Gasteiger partial charge on any atom is 0.409 e. The number of carbonyl (C=O) groups excluding carboxylic acids is 2. The number of sulfonamides is 1. The van der Waals surface area contributed by atoms with Gasteiger partial charge in [-0.15, -0.1) is 0 Å². The Bertz CT molecular complexity index is 1510. The maximum absolute atomic E-state index is 13.2. The fourth-order valence-electron chi connectivity index (χ4n) is 4.36. The van der Waals surface area contributed by atoms with Gasteiger partial charge in [0.15, 0.2) is 4.80 Å². The molecule has 1 aromatic heterocycles. The van der Waals surface area contributed by atoms with Crippen LogP contribution in [0.1, 0.15) is 31.1 Å². The van der Waals surface area contributed by atoms with Crippen LogP contribution in [-0.4, -0.2) is 86.8 Å². The second-order valence-electron chi connectivity index (χ2n) is 8.80. The normalized spacial score (nSPS) is 15.0. The van der Waals surface area contributed by atoms with Crippen molar-refractivity contribution in [3.63, 3.8) is 0 Å². The van der Waals surface area contributed by atoms with Gasteiger partial charge in [-0.2, -0.15) is 9.30 Å². The van der Waals surface area contributed by atoms with Crippen LogP contribution < -0.4 is 9.54 Å². The van der Waals surface area contributed by atoms with E-state index in [0.717, 1.165) is 10.2 Å². The van der Waals surface area contributed by atoms with Crippen molar-refractivity contribution in [3.05, 3.63) is 52.8 Å². The van der Waals surface area contributed by atoms with Crippen molar-refractivity contribution in [3.8, 4) is 5.75 Å². The molecule has 0 N–H and O–H groups in total. The summed E-state index contributed by atoms with van der Waals surface area (Å²) in [7, 11) is -3.79. The minimum Gasteiger partial charge on any atom is -0.492 e. The highest BCUT2D eigenvalue weighted by molar-refractivity contribution is 7.89. The quantitative estimate of drug-likeness (QED) is 0.332. The third-order valence-electron chi connectivity index (χ3n) is 6.33. The van der Waals surface area contributed by atoms with Crippen LogP contribution in [0.3, 0.4) is 0 Å². The van der Waals surface area contributed by atoms with E-state index < -0.39 is 22.0 Å². The van der Waals surface area contributed by atoms with Crippen LogP contribution >= 0.6 is 11.3 Å². The Balaban J connectivity index is 1.56. The van der Waals surface area contributed by atoms with Crippen molar-refractivity contribution >= 4 is 43.6 Å². The SMILES string of the molecule is CCOCCn1c(=NC(=O)c2ccc(S(=O)(=O)N3CCN(C(=O)OCC)CC3)cc2)sc2cccc(OCC)c21. The maximum atomic E-state index is 13.2. The minimum absolute atomic E-state index is 0.0728. The second kappa shape index (κ2) is 13.4. The van der Waals surface area contributed by atoms with Gasteiger partial charge in [0.05, 0.1) is 29.4 Å². The number of rotatable bonds is 10. The van der Waals surface area contributed by atoms with Crippen molar-refractivity contribution in [2.24, 2.45) is 4.99 Å². The standard InChI is InChI=1S/C27H34N4O7S2/c1-4-36-19-18-31-24-22(37-5-2)8-7-9-23(24)39-26(31)28-25(32)20-10-12-21(13-11-20)40(34,35)30-16-14-29(15-17-30)27(33)38-6-3/h7-13H,4-6,14-19H2,1-3H3. The van der Waals surface area contributed by atoms with Gasteiger partial charge in [-0.25, -0.2) is 13.2 Å². The molecule has 2 heterocycles. The van der Waals surface area contributed by atoms with Crippen molar-refractivity contribution in [2.75, 3.05) is 52.6 Å². The summed E-state index contributed by atoms with van der Waals surface area (Å²) in [5, 5.41) is 0. The monoisotopic (exact) mass is 590 g/mol. The van der Waals surface area contributed by atoms with Crippen LogP contribution in [0, 0.1) is 0 Å². The zero-order chi connectivity index (χ0) is 28.7. The van der Waals surface area contributed by atoms with Crippen LogP contribution in [0.15, 0.2) is 52.4 Å². The number of amides is 2. The molecule has 0 spiro atoms. The number of fused-ring (bicyclic) bond motifs is 1. The fraction of sp³-hybridized carbons (Fsp3) is 0.444. The van der Waals surface area contributed by atoms with E-state index in [4.69, 9.17) is 14.2 Å². The van der Waals surface area contributed by atoms with E-state index in [1.165, 1.54) is 44.8 Å². The lowest BCUT2D eigenvalue weighted by molar-refractivity contribution is 0.0933. The predicted molar refractivity (Wildman–Crippen MR) is 151 cm³/mol. The number of nitrogens with zero attached hydrogens (tertiary/aromatic N) is 4. The first kappa shape index (κ1) is 29.7. The molecule has 40 heavy (non-hydrogen) atoms. The molecule has 1 saturated heterocycles. The van der Waals surface area contributed by atoms with Gasteiger partial charge in [0.1, 0.15) is 11.3 Å². The molecule has 2 aromatic carbocycles. The minimum atomic E-state index is -3.79. The average molecular weight is 591 g/mol. The largest absolute Gasteiger partial charge is 0.492 e.